The number of azo groups is 1. The van der Waals surface area contributed by atoms with Gasteiger partial charge in [-0.3, -0.25) is 9.89 Å². The van der Waals surface area contributed by atoms with Crippen LogP contribution in [-0.2, 0) is 5.41 Å². The van der Waals surface area contributed by atoms with E-state index >= 15 is 0 Å². The number of H-pyrrole nitrogens is 1. The summed E-state index contributed by atoms with van der Waals surface area (Å²) in [6.07, 6.45) is 0. The van der Waals surface area contributed by atoms with Gasteiger partial charge in [-0.15, -0.1) is 5.11 Å². The van der Waals surface area contributed by atoms with E-state index in [0.717, 1.165) is 30.2 Å². The summed E-state index contributed by atoms with van der Waals surface area (Å²) in [4.78, 5) is 15.3. The number of rotatable bonds is 6. The highest BCUT2D eigenvalue weighted by Crippen LogP contribution is 2.29. The molecule has 3 rings (SSSR count). The molecule has 152 valence electrons. The van der Waals surface area contributed by atoms with Crippen molar-refractivity contribution in [2.45, 2.75) is 40.0 Å². The van der Waals surface area contributed by atoms with Gasteiger partial charge in [-0.2, -0.15) is 5.11 Å². The minimum Gasteiger partial charge on any atom is -0.372 e. The minimum absolute atomic E-state index is 0.204. The molecule has 0 atom stereocenters. The molecular formula is C23H29N5O. The Labute approximate surface area is 171 Å². The molecule has 0 aliphatic rings. The van der Waals surface area contributed by atoms with Crippen LogP contribution in [0.15, 0.2) is 69.6 Å². The van der Waals surface area contributed by atoms with Gasteiger partial charge in [0.15, 0.2) is 5.69 Å². The molecule has 0 aliphatic carbocycles. The smallest absolute Gasteiger partial charge is 0.299 e. The zero-order chi connectivity index (χ0) is 21.0. The van der Waals surface area contributed by atoms with Crippen LogP contribution in [-0.4, -0.2) is 22.9 Å². The lowest BCUT2D eigenvalue weighted by molar-refractivity contribution is 0.560. The third kappa shape index (κ3) is 4.47. The highest BCUT2D eigenvalue weighted by molar-refractivity contribution is 5.53. The van der Waals surface area contributed by atoms with Crippen molar-refractivity contribution in [3.05, 3.63) is 70.6 Å². The number of nitrogens with zero attached hydrogens (tertiary/aromatic N) is 4. The van der Waals surface area contributed by atoms with E-state index in [-0.39, 0.29) is 11.0 Å². The molecule has 0 fully saturated rings. The highest BCUT2D eigenvalue weighted by Gasteiger charge is 2.25. The molecule has 29 heavy (non-hydrogen) atoms. The molecule has 2 aromatic carbocycles. The average Bonchev–Trinajstić information content (AvgIpc) is 3.06. The lowest BCUT2D eigenvalue weighted by atomic mass is 9.91. The number of nitrogens with one attached hydrogen (secondary N) is 1. The maximum absolute atomic E-state index is 13.1. The van der Waals surface area contributed by atoms with Crippen LogP contribution in [0.25, 0.3) is 5.69 Å². The van der Waals surface area contributed by atoms with Crippen molar-refractivity contribution in [2.75, 3.05) is 18.0 Å². The van der Waals surface area contributed by atoms with E-state index < -0.39 is 0 Å². The summed E-state index contributed by atoms with van der Waals surface area (Å²) in [6.45, 7) is 12.3. The van der Waals surface area contributed by atoms with E-state index in [1.165, 1.54) is 4.68 Å². The molecule has 3 aromatic rings. The monoisotopic (exact) mass is 391 g/mol. The van der Waals surface area contributed by atoms with Gasteiger partial charge in [0.25, 0.3) is 5.56 Å². The second-order valence-electron chi connectivity index (χ2n) is 7.95. The number of benzene rings is 2. The van der Waals surface area contributed by atoms with Gasteiger partial charge in [-0.05, 0) is 50.2 Å². The Morgan fingerprint density at radius 2 is 1.55 bits per heavy atom. The molecule has 0 aliphatic heterocycles. The second kappa shape index (κ2) is 8.47. The summed E-state index contributed by atoms with van der Waals surface area (Å²) in [5.74, 6) is 0. The van der Waals surface area contributed by atoms with Crippen molar-refractivity contribution in [1.29, 1.82) is 0 Å². The van der Waals surface area contributed by atoms with Gasteiger partial charge in [0, 0.05) is 24.2 Å². The van der Waals surface area contributed by atoms with Gasteiger partial charge in [0.2, 0.25) is 0 Å². The van der Waals surface area contributed by atoms with E-state index in [9.17, 15) is 4.79 Å². The maximum atomic E-state index is 13.1. The highest BCUT2D eigenvalue weighted by atomic mass is 16.1. The molecule has 0 bridgehead atoms. The van der Waals surface area contributed by atoms with E-state index in [0.29, 0.717) is 11.4 Å². The molecule has 0 saturated carbocycles. The SMILES string of the molecule is CCN(CC)c1ccc(N=Nc2c(C(C)(C)C)[nH]n(-c3ccccc3)c2=O)cc1. The standard InChI is InChI=1S/C23H29N5O/c1-6-27(7-2)18-15-13-17(14-16-18)24-25-20-21(23(3,4)5)26-28(22(20)29)19-11-9-8-10-12-19/h8-16,26H,6-7H2,1-5H3. The Hall–Kier alpha value is -3.15. The Bertz CT molecular complexity index is 1020. The summed E-state index contributed by atoms with van der Waals surface area (Å²) in [7, 11) is 0. The molecule has 1 heterocycles. The Morgan fingerprint density at radius 1 is 0.931 bits per heavy atom. The predicted octanol–water partition coefficient (Wildman–Crippen LogP) is 5.72. The van der Waals surface area contributed by atoms with E-state index in [4.69, 9.17) is 0 Å². The number of para-hydroxylation sites is 1. The maximum Gasteiger partial charge on any atom is 0.299 e. The summed E-state index contributed by atoms with van der Waals surface area (Å²) in [5, 5.41) is 11.9. The van der Waals surface area contributed by atoms with Crippen LogP contribution in [0, 0.1) is 0 Å². The average molecular weight is 392 g/mol. The van der Waals surface area contributed by atoms with Crippen LogP contribution < -0.4 is 10.5 Å². The van der Waals surface area contributed by atoms with Crippen molar-refractivity contribution in [2.24, 2.45) is 10.2 Å². The van der Waals surface area contributed by atoms with E-state index in [1.54, 1.807) is 0 Å². The fourth-order valence-electron chi connectivity index (χ4n) is 3.23. The van der Waals surface area contributed by atoms with Gasteiger partial charge < -0.3 is 4.90 Å². The van der Waals surface area contributed by atoms with Gasteiger partial charge in [0.05, 0.1) is 17.1 Å². The lowest BCUT2D eigenvalue weighted by Crippen LogP contribution is -2.21. The number of aromatic amines is 1. The molecule has 1 aromatic heterocycles. The number of aromatic nitrogens is 2. The van der Waals surface area contributed by atoms with Crippen LogP contribution in [0.3, 0.4) is 0 Å². The fourth-order valence-corrected chi connectivity index (χ4v) is 3.23. The number of anilines is 1. The first-order chi connectivity index (χ1) is 13.8. The summed E-state index contributed by atoms with van der Waals surface area (Å²) >= 11 is 0. The largest absolute Gasteiger partial charge is 0.372 e. The van der Waals surface area contributed by atoms with Crippen molar-refractivity contribution >= 4 is 17.1 Å². The second-order valence-corrected chi connectivity index (χ2v) is 7.95. The van der Waals surface area contributed by atoms with Crippen molar-refractivity contribution in [3.8, 4) is 5.69 Å². The summed E-state index contributed by atoms with van der Waals surface area (Å²) in [5.41, 5.74) is 3.26. The van der Waals surface area contributed by atoms with Crippen LogP contribution >= 0.6 is 0 Å². The van der Waals surface area contributed by atoms with E-state index in [2.05, 4.69) is 34.1 Å². The van der Waals surface area contributed by atoms with Crippen LogP contribution in [0.1, 0.15) is 40.3 Å². The molecule has 0 unspecified atom stereocenters. The molecule has 0 amide bonds. The number of hydrogen-bond donors (Lipinski definition) is 1. The van der Waals surface area contributed by atoms with Crippen LogP contribution in [0.5, 0.6) is 0 Å². The van der Waals surface area contributed by atoms with Crippen LogP contribution in [0.4, 0.5) is 17.1 Å². The molecule has 6 heteroatoms. The normalized spacial score (nSPS) is 11.9. The summed E-state index contributed by atoms with van der Waals surface area (Å²) in [6, 6.07) is 17.4. The number of hydrogen-bond acceptors (Lipinski definition) is 4. The van der Waals surface area contributed by atoms with Gasteiger partial charge in [-0.1, -0.05) is 39.0 Å². The Balaban J connectivity index is 1.98. The van der Waals surface area contributed by atoms with Crippen molar-refractivity contribution in [3.63, 3.8) is 0 Å². The molecule has 0 saturated heterocycles. The third-order valence-corrected chi connectivity index (χ3v) is 4.87. The zero-order valence-electron chi connectivity index (χ0n) is 17.8. The summed E-state index contributed by atoms with van der Waals surface area (Å²) < 4.78 is 1.53. The van der Waals surface area contributed by atoms with Crippen molar-refractivity contribution < 1.29 is 0 Å². The van der Waals surface area contributed by atoms with Crippen molar-refractivity contribution in [1.82, 2.24) is 9.78 Å². The van der Waals surface area contributed by atoms with Gasteiger partial charge in [-0.25, -0.2) is 4.68 Å². The van der Waals surface area contributed by atoms with Gasteiger partial charge >= 0.3 is 0 Å². The zero-order valence-corrected chi connectivity index (χ0v) is 17.8. The quantitative estimate of drug-likeness (QED) is 0.546. The van der Waals surface area contributed by atoms with Gasteiger partial charge in [0.1, 0.15) is 0 Å². The third-order valence-electron chi connectivity index (χ3n) is 4.87. The lowest BCUT2D eigenvalue weighted by Gasteiger charge is -2.20. The molecule has 0 spiro atoms. The fraction of sp³-hybridized carbons (Fsp3) is 0.348. The minimum atomic E-state index is -0.278. The molecule has 1 N–H and O–H groups in total. The molecule has 0 radical (unpaired) electrons. The Kier molecular flexibility index (Phi) is 6.01. The predicted molar refractivity (Wildman–Crippen MR) is 119 cm³/mol. The van der Waals surface area contributed by atoms with Crippen LogP contribution in [0.2, 0.25) is 0 Å². The first-order valence-corrected chi connectivity index (χ1v) is 10.0. The topological polar surface area (TPSA) is 65.8 Å². The molecule has 6 nitrogen and oxygen atoms in total. The first-order valence-electron chi connectivity index (χ1n) is 10.0. The van der Waals surface area contributed by atoms with E-state index in [1.807, 2.05) is 75.4 Å². The first kappa shape index (κ1) is 20.6. The Morgan fingerprint density at radius 3 is 2.10 bits per heavy atom. The molecular weight excluding hydrogens is 362 g/mol.